The molecule has 116 valence electrons. The Labute approximate surface area is 138 Å². The second kappa shape index (κ2) is 4.06. The monoisotopic (exact) mass is 305 g/mol. The van der Waals surface area contributed by atoms with E-state index in [4.69, 9.17) is 16.3 Å². The Balaban J connectivity index is 1.85. The van der Waals surface area contributed by atoms with Gasteiger partial charge in [0.15, 0.2) is 11.5 Å². The lowest BCUT2D eigenvalue weighted by Gasteiger charge is -2.56. The molecule has 1 spiro atoms. The van der Waals surface area contributed by atoms with Gasteiger partial charge in [0.25, 0.3) is 0 Å². The van der Waals surface area contributed by atoms with Gasteiger partial charge in [0.1, 0.15) is 12.2 Å². The fourth-order valence-electron chi connectivity index (χ4n) is 4.62. The summed E-state index contributed by atoms with van der Waals surface area (Å²) in [4.78, 5) is 1.87. The van der Waals surface area contributed by atoms with E-state index in [-0.39, 0.29) is 11.5 Å². The molecule has 5 atom stereocenters. The lowest BCUT2D eigenvalue weighted by atomic mass is 9.53. The van der Waals surface area contributed by atoms with Gasteiger partial charge < -0.3 is 19.5 Å². The van der Waals surface area contributed by atoms with Crippen LogP contribution in [0.1, 0.15) is 25.8 Å². The molecule has 0 aromatic heterocycles. The van der Waals surface area contributed by atoms with Crippen molar-refractivity contribution in [2.45, 2.75) is 36.5 Å². The highest BCUT2D eigenvalue weighted by Gasteiger charge is 2.64. The van der Waals surface area contributed by atoms with Crippen molar-refractivity contribution in [2.24, 2.45) is 5.89 Å². The predicted octanol–water partition coefficient (Wildman–Crippen LogP) is 1.50. The van der Waals surface area contributed by atoms with E-state index in [2.05, 4.69) is 0 Å². The van der Waals surface area contributed by atoms with Crippen molar-refractivity contribution in [3.05, 3.63) is 35.4 Å². The van der Waals surface area contributed by atoms with E-state index in [1.807, 2.05) is 11.9 Å². The summed E-state index contributed by atoms with van der Waals surface area (Å²) < 4.78 is 60.7. The summed E-state index contributed by atoms with van der Waals surface area (Å²) in [6.07, 6.45) is -0.0501. The molecule has 0 radical (unpaired) electrons. The zero-order chi connectivity index (χ0) is 20.3. The van der Waals surface area contributed by atoms with Crippen molar-refractivity contribution in [3.8, 4) is 11.5 Å². The van der Waals surface area contributed by atoms with Crippen molar-refractivity contribution in [1.82, 2.24) is 4.90 Å². The fraction of sp³-hybridized carbons (Fsp3) is 0.556. The van der Waals surface area contributed by atoms with Crippen LogP contribution in [0.15, 0.2) is 24.3 Å². The molecule has 1 aromatic rings. The van der Waals surface area contributed by atoms with Gasteiger partial charge in [-0.25, -0.2) is 0 Å². The van der Waals surface area contributed by atoms with Gasteiger partial charge >= 0.3 is 0 Å². The standard InChI is InChI=1S/C18H21NO3/c1-19-8-7-18-11-4-5-13(20)17(18)22-16-14(21-2)6-3-10(15(16)18)9-12(11)19/h3-6,11-13,17,20H,7-9H2,1-2H3/t11-,12+,13?,17?,18-/m0/s1/i2D3,9D2,11D. The van der Waals surface area contributed by atoms with Gasteiger partial charge in [-0.3, -0.25) is 0 Å². The Hall–Kier alpha value is -1.52. The summed E-state index contributed by atoms with van der Waals surface area (Å²) in [7, 11) is -0.884. The molecule has 1 fully saturated rings. The van der Waals surface area contributed by atoms with Gasteiger partial charge in [-0.2, -0.15) is 0 Å². The maximum Gasteiger partial charge on any atom is 0.165 e. The van der Waals surface area contributed by atoms with E-state index in [0.717, 1.165) is 0 Å². The van der Waals surface area contributed by atoms with E-state index in [1.54, 1.807) is 12.1 Å². The van der Waals surface area contributed by atoms with E-state index in [1.165, 1.54) is 12.1 Å². The molecule has 4 heteroatoms. The second-order valence-corrected chi connectivity index (χ2v) is 6.51. The lowest BCUT2D eigenvalue weighted by molar-refractivity contribution is -0.0453. The smallest absolute Gasteiger partial charge is 0.165 e. The topological polar surface area (TPSA) is 41.9 Å². The number of hydrogen-bond acceptors (Lipinski definition) is 4. The third-order valence-electron chi connectivity index (χ3n) is 5.59. The minimum Gasteiger partial charge on any atom is -0.493 e. The molecule has 1 N–H and O–H groups in total. The van der Waals surface area contributed by atoms with Gasteiger partial charge in [0, 0.05) is 27.0 Å². The maximum atomic E-state index is 10.7. The molecule has 2 aliphatic carbocycles. The van der Waals surface area contributed by atoms with Gasteiger partial charge in [-0.15, -0.1) is 0 Å². The summed E-state index contributed by atoms with van der Waals surface area (Å²) in [6, 6.07) is 2.19. The van der Waals surface area contributed by atoms with Crippen LogP contribution in [0.3, 0.4) is 0 Å². The summed E-state index contributed by atoms with van der Waals surface area (Å²) >= 11 is 0. The first-order chi connectivity index (χ1) is 12.9. The Bertz CT molecular complexity index is 902. The number of benzene rings is 1. The van der Waals surface area contributed by atoms with E-state index < -0.39 is 43.0 Å². The maximum absolute atomic E-state index is 10.7. The number of ether oxygens (including phenoxy) is 2. The minimum absolute atomic E-state index is 0.00902. The number of hydrogen-bond donors (Lipinski definition) is 1. The average Bonchev–Trinajstić information content (AvgIpc) is 2.92. The van der Waals surface area contributed by atoms with Crippen LogP contribution >= 0.6 is 0 Å². The third-order valence-corrected chi connectivity index (χ3v) is 5.59. The third kappa shape index (κ3) is 1.28. The van der Waals surface area contributed by atoms with Gasteiger partial charge in [-0.1, -0.05) is 18.2 Å². The van der Waals surface area contributed by atoms with Crippen LogP contribution in [-0.4, -0.2) is 48.9 Å². The minimum atomic E-state index is -2.70. The molecule has 0 amide bonds. The van der Waals surface area contributed by atoms with E-state index in [9.17, 15) is 6.48 Å². The molecule has 1 saturated heterocycles. The summed E-state index contributed by atoms with van der Waals surface area (Å²) in [5.41, 5.74) is -0.111. The number of aliphatic hydroxyl groups excluding tert-OH is 1. The van der Waals surface area contributed by atoms with Crippen molar-refractivity contribution < 1.29 is 22.8 Å². The van der Waals surface area contributed by atoms with Crippen LogP contribution in [0, 0.1) is 5.89 Å². The first kappa shape index (κ1) is 8.37. The summed E-state index contributed by atoms with van der Waals surface area (Å²) in [5, 5.41) is 10.7. The van der Waals surface area contributed by atoms with E-state index >= 15 is 0 Å². The van der Waals surface area contributed by atoms with E-state index in [0.29, 0.717) is 24.1 Å². The number of likely N-dealkylation sites (N-methyl/N-ethyl adjacent to an activating group) is 1. The molecule has 4 nitrogen and oxygen atoms in total. The second-order valence-electron chi connectivity index (χ2n) is 6.51. The normalized spacial score (nSPS) is 51.3. The van der Waals surface area contributed by atoms with Crippen molar-refractivity contribution in [3.63, 3.8) is 0 Å². The Kier molecular flexibility index (Phi) is 1.54. The SMILES string of the molecule is [2H]C([2H])([2H])Oc1ccc2c3c1OC1C(O)C=C[C@@]4([2H])[C@H](N(C)CC[C@]314)C2([2H])[2H]. The van der Waals surface area contributed by atoms with Gasteiger partial charge in [-0.05, 0) is 38.0 Å². The molecule has 22 heavy (non-hydrogen) atoms. The summed E-state index contributed by atoms with van der Waals surface area (Å²) in [6.45, 7) is 0.536. The molecule has 2 heterocycles. The highest BCUT2D eigenvalue weighted by Crippen LogP contribution is 2.62. The molecule has 5 rings (SSSR count). The van der Waals surface area contributed by atoms with Crippen LogP contribution < -0.4 is 9.47 Å². The number of aliphatic hydroxyl groups is 1. The van der Waals surface area contributed by atoms with Crippen molar-refractivity contribution >= 4 is 0 Å². The molecule has 2 bridgehead atoms. The van der Waals surface area contributed by atoms with Crippen LogP contribution in [0.25, 0.3) is 0 Å². The van der Waals surface area contributed by atoms with Crippen molar-refractivity contribution in [1.29, 1.82) is 0 Å². The highest BCUT2D eigenvalue weighted by atomic mass is 16.5. The zero-order valence-electron chi connectivity index (χ0n) is 18.2. The number of likely N-dealkylation sites (tertiary alicyclic amines) is 1. The molecule has 1 aromatic carbocycles. The Morgan fingerprint density at radius 3 is 3.32 bits per heavy atom. The zero-order valence-corrected chi connectivity index (χ0v) is 12.2. The van der Waals surface area contributed by atoms with Crippen LogP contribution in [0.5, 0.6) is 11.5 Å². The highest BCUT2D eigenvalue weighted by molar-refractivity contribution is 5.62. The number of methoxy groups -OCH3 is 1. The molecular formula is C18H21NO3. The van der Waals surface area contributed by atoms with Crippen LogP contribution in [0.2, 0.25) is 0 Å². The predicted molar refractivity (Wildman–Crippen MR) is 82.5 cm³/mol. The fourth-order valence-corrected chi connectivity index (χ4v) is 4.62. The number of piperidine rings is 1. The van der Waals surface area contributed by atoms with Crippen LogP contribution in [-0.2, 0) is 11.8 Å². The Morgan fingerprint density at radius 1 is 1.55 bits per heavy atom. The molecule has 2 aliphatic heterocycles. The lowest BCUT2D eigenvalue weighted by Crippen LogP contribution is -2.64. The average molecular weight is 305 g/mol. The molecule has 4 aliphatic rings. The first-order valence-corrected chi connectivity index (χ1v) is 7.55. The summed E-state index contributed by atoms with van der Waals surface area (Å²) in [5.74, 6) is -1.24. The Morgan fingerprint density at radius 2 is 2.45 bits per heavy atom. The number of rotatable bonds is 1. The number of nitrogens with zero attached hydrogens (tertiary/aromatic N) is 1. The molecular weight excluding hydrogens is 278 g/mol. The largest absolute Gasteiger partial charge is 0.493 e. The van der Waals surface area contributed by atoms with Gasteiger partial charge in [0.05, 0.1) is 11.2 Å². The molecule has 2 unspecified atom stereocenters. The quantitative estimate of drug-likeness (QED) is 0.799. The van der Waals surface area contributed by atoms with Crippen molar-refractivity contribution in [2.75, 3.05) is 20.6 Å². The first-order valence-electron chi connectivity index (χ1n) is 10.5. The molecule has 0 saturated carbocycles. The van der Waals surface area contributed by atoms with Crippen LogP contribution in [0.4, 0.5) is 0 Å². The van der Waals surface area contributed by atoms with Gasteiger partial charge in [0.2, 0.25) is 0 Å².